The van der Waals surface area contributed by atoms with E-state index in [4.69, 9.17) is 5.73 Å². The third kappa shape index (κ3) is 2.19. The van der Waals surface area contributed by atoms with Gasteiger partial charge in [0.05, 0.1) is 22.3 Å². The smallest absolute Gasteiger partial charge is 0.261 e. The second-order valence-corrected chi connectivity index (χ2v) is 5.99. The fourth-order valence-corrected chi connectivity index (χ4v) is 2.99. The number of hydrogen-bond donors (Lipinski definition) is 3. The van der Waals surface area contributed by atoms with Gasteiger partial charge < -0.3 is 5.73 Å². The average Bonchev–Trinajstić information content (AvgIpc) is 2.88. The van der Waals surface area contributed by atoms with Gasteiger partial charge in [0.15, 0.2) is 0 Å². The molecule has 0 saturated carbocycles. The number of nitrogens with one attached hydrogen (secondary N) is 2. The standard InChI is InChI=1S/C13H12N4O2S/c14-9-4-6-10(7-5-9)20(18,19)17-13-3-1-2-12-11(13)8-15-16-12/h1-8,17H,14H2,(H,15,16). The summed E-state index contributed by atoms with van der Waals surface area (Å²) in [5.74, 6) is 0. The number of fused-ring (bicyclic) bond motifs is 1. The zero-order chi connectivity index (χ0) is 14.2. The molecule has 0 aliphatic heterocycles. The van der Waals surface area contributed by atoms with E-state index in [1.807, 2.05) is 6.07 Å². The molecule has 0 atom stereocenters. The molecule has 7 heteroatoms. The number of aromatic nitrogens is 2. The molecule has 3 rings (SSSR count). The van der Waals surface area contributed by atoms with Crippen LogP contribution in [0.3, 0.4) is 0 Å². The van der Waals surface area contributed by atoms with Crippen LogP contribution >= 0.6 is 0 Å². The van der Waals surface area contributed by atoms with Gasteiger partial charge in [-0.25, -0.2) is 8.42 Å². The third-order valence-electron chi connectivity index (χ3n) is 2.92. The quantitative estimate of drug-likeness (QED) is 0.641. The van der Waals surface area contributed by atoms with Crippen molar-refractivity contribution in [2.24, 2.45) is 0 Å². The van der Waals surface area contributed by atoms with Gasteiger partial charge >= 0.3 is 0 Å². The summed E-state index contributed by atoms with van der Waals surface area (Å²) in [4.78, 5) is 0.159. The molecule has 1 heterocycles. The molecule has 3 aromatic rings. The van der Waals surface area contributed by atoms with E-state index >= 15 is 0 Å². The molecule has 0 aliphatic carbocycles. The highest BCUT2D eigenvalue weighted by Gasteiger charge is 2.15. The van der Waals surface area contributed by atoms with Crippen molar-refractivity contribution < 1.29 is 8.42 Å². The summed E-state index contributed by atoms with van der Waals surface area (Å²) < 4.78 is 27.1. The number of nitrogens with two attached hydrogens (primary N) is 1. The fourth-order valence-electron chi connectivity index (χ4n) is 1.91. The highest BCUT2D eigenvalue weighted by Crippen LogP contribution is 2.24. The highest BCUT2D eigenvalue weighted by atomic mass is 32.2. The predicted octanol–water partition coefficient (Wildman–Crippen LogP) is 1.95. The van der Waals surface area contributed by atoms with Crippen LogP contribution in [0.1, 0.15) is 0 Å². The molecule has 0 saturated heterocycles. The van der Waals surface area contributed by atoms with Crippen LogP contribution in [-0.2, 0) is 10.0 Å². The molecule has 6 nitrogen and oxygen atoms in total. The van der Waals surface area contributed by atoms with Crippen LogP contribution in [0.4, 0.5) is 11.4 Å². The Balaban J connectivity index is 2.01. The number of nitrogen functional groups attached to an aromatic ring is 1. The second-order valence-electron chi connectivity index (χ2n) is 4.31. The summed E-state index contributed by atoms with van der Waals surface area (Å²) in [5, 5.41) is 7.41. The minimum Gasteiger partial charge on any atom is -0.399 e. The molecule has 0 unspecified atom stereocenters. The zero-order valence-electron chi connectivity index (χ0n) is 10.4. The lowest BCUT2D eigenvalue weighted by molar-refractivity contribution is 0.601. The van der Waals surface area contributed by atoms with E-state index in [0.717, 1.165) is 5.52 Å². The fraction of sp³-hybridized carbons (Fsp3) is 0. The topological polar surface area (TPSA) is 101 Å². The summed E-state index contributed by atoms with van der Waals surface area (Å²) >= 11 is 0. The van der Waals surface area contributed by atoms with Gasteiger partial charge in [0.25, 0.3) is 10.0 Å². The van der Waals surface area contributed by atoms with E-state index in [2.05, 4.69) is 14.9 Å². The molecule has 1 aromatic heterocycles. The monoisotopic (exact) mass is 288 g/mol. The molecule has 0 fully saturated rings. The lowest BCUT2D eigenvalue weighted by Crippen LogP contribution is -2.13. The Labute approximate surface area is 115 Å². The average molecular weight is 288 g/mol. The van der Waals surface area contributed by atoms with Gasteiger partial charge in [-0.1, -0.05) is 6.07 Å². The second kappa shape index (κ2) is 4.53. The van der Waals surface area contributed by atoms with E-state index in [1.54, 1.807) is 30.5 Å². The van der Waals surface area contributed by atoms with E-state index < -0.39 is 10.0 Å². The molecule has 0 amide bonds. The van der Waals surface area contributed by atoms with Crippen molar-refractivity contribution in [3.63, 3.8) is 0 Å². The van der Waals surface area contributed by atoms with Gasteiger partial charge in [-0.15, -0.1) is 0 Å². The van der Waals surface area contributed by atoms with E-state index in [0.29, 0.717) is 16.8 Å². The van der Waals surface area contributed by atoms with Crippen LogP contribution in [-0.4, -0.2) is 18.6 Å². The SMILES string of the molecule is Nc1ccc(S(=O)(=O)Nc2cccc3[nH]ncc23)cc1. The molecule has 0 spiro atoms. The number of H-pyrrole nitrogens is 1. The first-order chi connectivity index (χ1) is 9.56. The first kappa shape index (κ1) is 12.5. The summed E-state index contributed by atoms with van der Waals surface area (Å²) in [6.45, 7) is 0. The van der Waals surface area contributed by atoms with E-state index in [1.165, 1.54) is 12.1 Å². The Morgan fingerprint density at radius 2 is 1.85 bits per heavy atom. The van der Waals surface area contributed by atoms with Crippen LogP contribution in [0.2, 0.25) is 0 Å². The van der Waals surface area contributed by atoms with Crippen molar-refractivity contribution in [2.75, 3.05) is 10.5 Å². The van der Waals surface area contributed by atoms with Crippen LogP contribution in [0, 0.1) is 0 Å². The number of aromatic amines is 1. The number of benzene rings is 2. The maximum Gasteiger partial charge on any atom is 0.261 e. The number of sulfonamides is 1. The zero-order valence-corrected chi connectivity index (χ0v) is 11.2. The maximum absolute atomic E-state index is 12.3. The number of nitrogens with zero attached hydrogens (tertiary/aromatic N) is 1. The van der Waals surface area contributed by atoms with E-state index in [-0.39, 0.29) is 4.90 Å². The van der Waals surface area contributed by atoms with E-state index in [9.17, 15) is 8.42 Å². The first-order valence-corrected chi connectivity index (χ1v) is 7.35. The molecular formula is C13H12N4O2S. The van der Waals surface area contributed by atoms with Crippen molar-refractivity contribution in [2.45, 2.75) is 4.90 Å². The molecule has 0 aliphatic rings. The number of anilines is 2. The summed E-state index contributed by atoms with van der Waals surface area (Å²) in [6.07, 6.45) is 1.58. The molecule has 0 radical (unpaired) electrons. The maximum atomic E-state index is 12.3. The minimum absolute atomic E-state index is 0.159. The summed E-state index contributed by atoms with van der Waals surface area (Å²) in [6, 6.07) is 11.3. The van der Waals surface area contributed by atoms with Crippen molar-refractivity contribution >= 4 is 32.3 Å². The van der Waals surface area contributed by atoms with Gasteiger partial charge in [-0.2, -0.15) is 5.10 Å². The van der Waals surface area contributed by atoms with Crippen LogP contribution in [0.25, 0.3) is 10.9 Å². The number of hydrogen-bond acceptors (Lipinski definition) is 4. The van der Waals surface area contributed by atoms with Gasteiger partial charge in [0.1, 0.15) is 0 Å². The van der Waals surface area contributed by atoms with Crippen molar-refractivity contribution in [3.8, 4) is 0 Å². The Bertz CT molecular complexity index is 853. The highest BCUT2D eigenvalue weighted by molar-refractivity contribution is 7.92. The van der Waals surface area contributed by atoms with Gasteiger partial charge in [0, 0.05) is 11.1 Å². The van der Waals surface area contributed by atoms with Crippen LogP contribution in [0.15, 0.2) is 53.6 Å². The summed E-state index contributed by atoms with van der Waals surface area (Å²) in [7, 11) is -3.65. The van der Waals surface area contributed by atoms with Crippen molar-refractivity contribution in [3.05, 3.63) is 48.7 Å². The van der Waals surface area contributed by atoms with Crippen LogP contribution < -0.4 is 10.5 Å². The molecular weight excluding hydrogens is 276 g/mol. The molecule has 102 valence electrons. The Morgan fingerprint density at radius 1 is 1.10 bits per heavy atom. The van der Waals surface area contributed by atoms with Crippen molar-refractivity contribution in [1.82, 2.24) is 10.2 Å². The molecule has 2 aromatic carbocycles. The van der Waals surface area contributed by atoms with Gasteiger partial charge in [-0.05, 0) is 36.4 Å². The first-order valence-electron chi connectivity index (χ1n) is 5.87. The van der Waals surface area contributed by atoms with Crippen molar-refractivity contribution in [1.29, 1.82) is 0 Å². The largest absolute Gasteiger partial charge is 0.399 e. The minimum atomic E-state index is -3.65. The third-order valence-corrected chi connectivity index (χ3v) is 4.30. The van der Waals surface area contributed by atoms with Gasteiger partial charge in [0.2, 0.25) is 0 Å². The number of rotatable bonds is 3. The lowest BCUT2D eigenvalue weighted by atomic mass is 10.2. The molecule has 4 N–H and O–H groups in total. The summed E-state index contributed by atoms with van der Waals surface area (Å²) in [5.41, 5.74) is 7.32. The predicted molar refractivity (Wildman–Crippen MR) is 77.8 cm³/mol. The molecule has 0 bridgehead atoms. The van der Waals surface area contributed by atoms with Crippen LogP contribution in [0.5, 0.6) is 0 Å². The van der Waals surface area contributed by atoms with Gasteiger partial charge in [-0.3, -0.25) is 9.82 Å². The molecule has 20 heavy (non-hydrogen) atoms. The lowest BCUT2D eigenvalue weighted by Gasteiger charge is -2.09. The Kier molecular flexibility index (Phi) is 2.83. The normalized spacial score (nSPS) is 11.6. The Morgan fingerprint density at radius 3 is 2.60 bits per heavy atom. The Hall–Kier alpha value is -2.54.